The summed E-state index contributed by atoms with van der Waals surface area (Å²) >= 11 is 0. The van der Waals surface area contributed by atoms with E-state index >= 15 is 0 Å². The normalized spacial score (nSPS) is 16.8. The van der Waals surface area contributed by atoms with Gasteiger partial charge in [0.25, 0.3) is 0 Å². The van der Waals surface area contributed by atoms with Gasteiger partial charge in [-0.15, -0.1) is 0 Å². The van der Waals surface area contributed by atoms with Crippen LogP contribution in [0.15, 0.2) is 4.99 Å². The van der Waals surface area contributed by atoms with Gasteiger partial charge in [0.1, 0.15) is 0 Å². The minimum absolute atomic E-state index is 0.116. The van der Waals surface area contributed by atoms with Crippen LogP contribution in [0, 0.1) is 5.92 Å². The number of methoxy groups -OCH3 is 1. The highest BCUT2D eigenvalue weighted by molar-refractivity contribution is 5.79. The number of ether oxygens (including phenoxy) is 2. The predicted molar refractivity (Wildman–Crippen MR) is 115 cm³/mol. The van der Waals surface area contributed by atoms with Gasteiger partial charge < -0.3 is 20.1 Å². The van der Waals surface area contributed by atoms with E-state index in [0.29, 0.717) is 18.4 Å². The summed E-state index contributed by atoms with van der Waals surface area (Å²) in [6.45, 7) is 10.1. The van der Waals surface area contributed by atoms with Gasteiger partial charge in [-0.3, -0.25) is 14.7 Å². The maximum Gasteiger partial charge on any atom is 0.305 e. The van der Waals surface area contributed by atoms with Crippen molar-refractivity contribution < 1.29 is 14.3 Å². The van der Waals surface area contributed by atoms with Gasteiger partial charge in [-0.05, 0) is 18.8 Å². The molecule has 0 aromatic heterocycles. The summed E-state index contributed by atoms with van der Waals surface area (Å²) in [6.07, 6.45) is 7.03. The second-order valence-electron chi connectivity index (χ2n) is 7.41. The first-order valence-electron chi connectivity index (χ1n) is 11.0. The van der Waals surface area contributed by atoms with E-state index in [2.05, 4.69) is 39.1 Å². The van der Waals surface area contributed by atoms with Gasteiger partial charge in [-0.1, -0.05) is 39.5 Å². The number of carbonyl (C=O) groups is 1. The Balaban J connectivity index is 2.32. The zero-order valence-corrected chi connectivity index (χ0v) is 18.5. The number of morpholine rings is 1. The van der Waals surface area contributed by atoms with Gasteiger partial charge in [-0.25, -0.2) is 0 Å². The molecule has 1 aliphatic rings. The molecule has 1 atom stereocenters. The minimum atomic E-state index is -0.116. The number of aliphatic imine (C=N–C) groups is 1. The quantitative estimate of drug-likeness (QED) is 0.215. The van der Waals surface area contributed by atoms with Crippen molar-refractivity contribution in [3.05, 3.63) is 0 Å². The Bertz CT molecular complexity index is 435. The number of carbonyl (C=O) groups excluding carboxylic acids is 1. The average molecular weight is 399 g/mol. The highest BCUT2D eigenvalue weighted by atomic mass is 16.5. The molecule has 2 N–H and O–H groups in total. The van der Waals surface area contributed by atoms with Gasteiger partial charge in [0, 0.05) is 45.7 Å². The second-order valence-corrected chi connectivity index (χ2v) is 7.41. The van der Waals surface area contributed by atoms with E-state index in [1.54, 1.807) is 0 Å². The van der Waals surface area contributed by atoms with Crippen molar-refractivity contribution in [2.45, 2.75) is 64.8 Å². The molecule has 0 saturated carbocycles. The maximum absolute atomic E-state index is 11.1. The van der Waals surface area contributed by atoms with Gasteiger partial charge in [0.2, 0.25) is 0 Å². The molecule has 1 heterocycles. The second kappa shape index (κ2) is 15.6. The molecule has 0 radical (unpaired) electrons. The number of guanidine groups is 1. The summed E-state index contributed by atoms with van der Waals surface area (Å²) in [5.41, 5.74) is 0. The molecule has 1 unspecified atom stereocenters. The fraction of sp³-hybridized carbons (Fsp3) is 0.905. The van der Waals surface area contributed by atoms with Crippen LogP contribution in [0.5, 0.6) is 0 Å². The summed E-state index contributed by atoms with van der Waals surface area (Å²) < 4.78 is 10.2. The van der Waals surface area contributed by atoms with Crippen LogP contribution in [0.1, 0.15) is 58.8 Å². The topological polar surface area (TPSA) is 75.2 Å². The molecule has 1 aliphatic heterocycles. The van der Waals surface area contributed by atoms with E-state index < -0.39 is 0 Å². The summed E-state index contributed by atoms with van der Waals surface area (Å²) in [6, 6.07) is 0.510. The first-order chi connectivity index (χ1) is 13.7. The van der Waals surface area contributed by atoms with E-state index in [4.69, 9.17) is 4.74 Å². The fourth-order valence-electron chi connectivity index (χ4n) is 3.81. The molecule has 7 nitrogen and oxygen atoms in total. The monoisotopic (exact) mass is 398 g/mol. The lowest BCUT2D eigenvalue weighted by Gasteiger charge is -2.39. The highest BCUT2D eigenvalue weighted by Crippen LogP contribution is 2.19. The lowest BCUT2D eigenvalue weighted by Crippen LogP contribution is -2.53. The molecule has 0 aromatic carbocycles. The Hall–Kier alpha value is -1.34. The zero-order valence-electron chi connectivity index (χ0n) is 18.5. The molecule has 1 saturated heterocycles. The van der Waals surface area contributed by atoms with Crippen LogP contribution in [-0.4, -0.2) is 76.4 Å². The summed E-state index contributed by atoms with van der Waals surface area (Å²) in [5, 5.41) is 6.95. The van der Waals surface area contributed by atoms with Crippen LogP contribution < -0.4 is 10.6 Å². The third-order valence-corrected chi connectivity index (χ3v) is 5.64. The van der Waals surface area contributed by atoms with E-state index in [1.165, 1.54) is 20.0 Å². The zero-order chi connectivity index (χ0) is 20.6. The number of unbranched alkanes of at least 4 members (excludes halogenated alkanes) is 3. The molecule has 28 heavy (non-hydrogen) atoms. The lowest BCUT2D eigenvalue weighted by atomic mass is 9.92. The van der Waals surface area contributed by atoms with Crippen LogP contribution in [0.4, 0.5) is 0 Å². The van der Waals surface area contributed by atoms with Crippen LogP contribution in [-0.2, 0) is 14.3 Å². The molecule has 7 heteroatoms. The summed E-state index contributed by atoms with van der Waals surface area (Å²) in [5.74, 6) is 1.44. The molecule has 0 aliphatic carbocycles. The first-order valence-corrected chi connectivity index (χ1v) is 11.0. The minimum Gasteiger partial charge on any atom is -0.469 e. The molecule has 1 fully saturated rings. The number of nitrogens with one attached hydrogen (secondary N) is 2. The number of hydrogen-bond acceptors (Lipinski definition) is 5. The van der Waals surface area contributed by atoms with Crippen molar-refractivity contribution in [3.8, 4) is 0 Å². The highest BCUT2D eigenvalue weighted by Gasteiger charge is 2.26. The largest absolute Gasteiger partial charge is 0.469 e. The number of rotatable bonds is 13. The molecule has 164 valence electrons. The molecule has 0 amide bonds. The Kier molecular flexibility index (Phi) is 13.7. The SMILES string of the molecule is CCC(CC)C(CNC(=NC)NCCCCCCC(=O)OC)N1CCOCC1. The van der Waals surface area contributed by atoms with Gasteiger partial charge >= 0.3 is 5.97 Å². The third-order valence-electron chi connectivity index (χ3n) is 5.64. The Morgan fingerprint density at radius 2 is 1.79 bits per heavy atom. The Labute approximate surface area is 171 Å². The number of nitrogens with zero attached hydrogens (tertiary/aromatic N) is 2. The van der Waals surface area contributed by atoms with E-state index in [0.717, 1.165) is 71.0 Å². The van der Waals surface area contributed by atoms with Crippen molar-refractivity contribution in [2.75, 3.05) is 53.6 Å². The van der Waals surface area contributed by atoms with Crippen molar-refractivity contribution >= 4 is 11.9 Å². The van der Waals surface area contributed by atoms with Crippen LogP contribution in [0.3, 0.4) is 0 Å². The summed E-state index contributed by atoms with van der Waals surface area (Å²) in [4.78, 5) is 18.0. The van der Waals surface area contributed by atoms with Crippen molar-refractivity contribution in [1.29, 1.82) is 0 Å². The molecule has 1 rings (SSSR count). The first kappa shape index (κ1) is 24.7. The van der Waals surface area contributed by atoms with E-state index in [1.807, 2.05) is 7.05 Å². The van der Waals surface area contributed by atoms with Crippen LogP contribution >= 0.6 is 0 Å². The van der Waals surface area contributed by atoms with Crippen molar-refractivity contribution in [3.63, 3.8) is 0 Å². The average Bonchev–Trinajstić information content (AvgIpc) is 2.74. The van der Waals surface area contributed by atoms with Crippen LogP contribution in [0.2, 0.25) is 0 Å². The molecular formula is C21H42N4O3. The standard InChI is InChI=1S/C21H42N4O3/c1-5-18(6-2)19(25-13-15-28-16-14-25)17-24-21(22-3)23-12-10-8-7-9-11-20(26)27-4/h18-19H,5-17H2,1-4H3,(H2,22,23,24). The summed E-state index contributed by atoms with van der Waals surface area (Å²) in [7, 11) is 3.27. The fourth-order valence-corrected chi connectivity index (χ4v) is 3.81. The van der Waals surface area contributed by atoms with Gasteiger partial charge in [-0.2, -0.15) is 0 Å². The van der Waals surface area contributed by atoms with E-state index in [9.17, 15) is 4.79 Å². The van der Waals surface area contributed by atoms with Gasteiger partial charge in [0.15, 0.2) is 5.96 Å². The molecular weight excluding hydrogens is 356 g/mol. The molecule has 0 bridgehead atoms. The molecule has 0 aromatic rings. The number of hydrogen-bond donors (Lipinski definition) is 2. The smallest absolute Gasteiger partial charge is 0.305 e. The van der Waals surface area contributed by atoms with Crippen molar-refractivity contribution in [1.82, 2.24) is 15.5 Å². The van der Waals surface area contributed by atoms with Crippen LogP contribution in [0.25, 0.3) is 0 Å². The van der Waals surface area contributed by atoms with Gasteiger partial charge in [0.05, 0.1) is 20.3 Å². The maximum atomic E-state index is 11.1. The molecule has 0 spiro atoms. The number of esters is 1. The predicted octanol–water partition coefficient (Wildman–Crippen LogP) is 2.41. The Morgan fingerprint density at radius 1 is 1.11 bits per heavy atom. The third kappa shape index (κ3) is 9.73. The lowest BCUT2D eigenvalue weighted by molar-refractivity contribution is -0.140. The van der Waals surface area contributed by atoms with Crippen molar-refractivity contribution in [2.24, 2.45) is 10.9 Å². The Morgan fingerprint density at radius 3 is 2.39 bits per heavy atom. The van der Waals surface area contributed by atoms with E-state index in [-0.39, 0.29) is 5.97 Å².